The number of benzene rings is 1. The van der Waals surface area contributed by atoms with E-state index in [1.54, 1.807) is 0 Å². The molecule has 18 heavy (non-hydrogen) atoms. The summed E-state index contributed by atoms with van der Waals surface area (Å²) in [5, 5.41) is 8.77. The average Bonchev–Trinajstić information content (AvgIpc) is 2.26. The van der Waals surface area contributed by atoms with Gasteiger partial charge in [-0.3, -0.25) is 9.80 Å². The largest absolute Gasteiger partial charge is 0.398 e. The van der Waals surface area contributed by atoms with E-state index in [-0.39, 0.29) is 11.5 Å². The second-order valence-corrected chi connectivity index (χ2v) is 4.89. The van der Waals surface area contributed by atoms with Crippen LogP contribution in [0, 0.1) is 11.3 Å². The summed E-state index contributed by atoms with van der Waals surface area (Å²) in [7, 11) is 0. The maximum Gasteiger partial charge on any atom is 0.268 e. The molecule has 0 aliphatic rings. The lowest BCUT2D eigenvalue weighted by Gasteiger charge is -2.20. The van der Waals surface area contributed by atoms with Crippen molar-refractivity contribution >= 4 is 29.4 Å². The van der Waals surface area contributed by atoms with Gasteiger partial charge in [0.1, 0.15) is 0 Å². The van der Waals surface area contributed by atoms with E-state index < -0.39 is 5.91 Å². The predicted molar refractivity (Wildman–Crippen MR) is 73.8 cm³/mol. The number of nitrogens with zero attached hydrogens (tertiary/aromatic N) is 1. The van der Waals surface area contributed by atoms with Crippen LogP contribution in [0.4, 0.5) is 5.69 Å². The Bertz CT molecular complexity index is 473. The lowest BCUT2D eigenvalue weighted by atomic mass is 10.0. The quantitative estimate of drug-likeness (QED) is 0.256. The molecule has 0 aliphatic heterocycles. The van der Waals surface area contributed by atoms with Gasteiger partial charge in [-0.05, 0) is 18.1 Å². The first-order chi connectivity index (χ1) is 8.36. The van der Waals surface area contributed by atoms with Crippen molar-refractivity contribution in [2.75, 3.05) is 12.3 Å². The molecule has 0 bridgehead atoms. The molecule has 0 atom stereocenters. The van der Waals surface area contributed by atoms with Gasteiger partial charge in [0.25, 0.3) is 5.91 Å². The number of amides is 1. The summed E-state index contributed by atoms with van der Waals surface area (Å²) in [5.41, 5.74) is 6.60. The second-order valence-electron chi connectivity index (χ2n) is 4.45. The van der Waals surface area contributed by atoms with Gasteiger partial charge in [0.2, 0.25) is 0 Å². The molecule has 0 saturated carbocycles. The molecule has 0 aromatic heterocycles. The van der Waals surface area contributed by atoms with Crippen molar-refractivity contribution < 1.29 is 4.79 Å². The Morgan fingerprint density at radius 2 is 2.17 bits per heavy atom. The number of nitrogen functional groups attached to an aromatic ring is 1. The van der Waals surface area contributed by atoms with Crippen molar-refractivity contribution in [3.63, 3.8) is 0 Å². The highest BCUT2D eigenvalue weighted by atomic mass is 35.5. The number of nitrogens with two attached hydrogens (primary N) is 2. The fourth-order valence-electron chi connectivity index (χ4n) is 1.61. The van der Waals surface area contributed by atoms with Crippen LogP contribution in [0.2, 0.25) is 5.02 Å². The van der Waals surface area contributed by atoms with E-state index in [0.717, 1.165) is 11.2 Å². The minimum atomic E-state index is -0.392. The molecule has 1 amide bonds. The van der Waals surface area contributed by atoms with E-state index in [2.05, 4.69) is 0 Å². The summed E-state index contributed by atoms with van der Waals surface area (Å²) >= 11 is 5.87. The third kappa shape index (κ3) is 3.21. The predicted octanol–water partition coefficient (Wildman–Crippen LogP) is 1.89. The first kappa shape index (κ1) is 14.5. The van der Waals surface area contributed by atoms with Crippen molar-refractivity contribution in [2.24, 2.45) is 11.8 Å². The molecule has 1 aromatic rings. The fourth-order valence-corrected chi connectivity index (χ4v) is 1.83. The molecule has 0 aliphatic carbocycles. The maximum atomic E-state index is 12.1. The zero-order valence-corrected chi connectivity index (χ0v) is 11.2. The number of hydrazine groups is 1. The third-order valence-electron chi connectivity index (χ3n) is 2.37. The van der Waals surface area contributed by atoms with Gasteiger partial charge in [-0.1, -0.05) is 25.4 Å². The number of carbonyl (C=O) groups is 1. The highest BCUT2D eigenvalue weighted by Crippen LogP contribution is 2.22. The van der Waals surface area contributed by atoms with Crippen molar-refractivity contribution in [1.82, 2.24) is 5.01 Å². The minimum absolute atomic E-state index is 0.248. The van der Waals surface area contributed by atoms with E-state index in [0.29, 0.717) is 22.8 Å². The Labute approximate surface area is 111 Å². The summed E-state index contributed by atoms with van der Waals surface area (Å²) in [4.78, 5) is 12.1. The van der Waals surface area contributed by atoms with Gasteiger partial charge >= 0.3 is 0 Å². The fraction of sp³-hybridized carbons (Fsp3) is 0.333. The Balaban J connectivity index is 3.16. The van der Waals surface area contributed by atoms with Gasteiger partial charge in [0, 0.05) is 29.0 Å². The highest BCUT2D eigenvalue weighted by Gasteiger charge is 2.18. The Hall–Kier alpha value is -1.59. The molecule has 5 nitrogen and oxygen atoms in total. The van der Waals surface area contributed by atoms with E-state index >= 15 is 0 Å². The van der Waals surface area contributed by atoms with E-state index in [4.69, 9.17) is 28.6 Å². The first-order valence-corrected chi connectivity index (χ1v) is 5.90. The first-order valence-electron chi connectivity index (χ1n) is 5.52. The van der Waals surface area contributed by atoms with E-state index in [1.807, 2.05) is 13.8 Å². The molecule has 5 N–H and O–H groups in total. The summed E-state index contributed by atoms with van der Waals surface area (Å²) < 4.78 is 0. The highest BCUT2D eigenvalue weighted by molar-refractivity contribution is 6.31. The average molecular weight is 269 g/mol. The lowest BCUT2D eigenvalue weighted by molar-refractivity contribution is 0.0736. The summed E-state index contributed by atoms with van der Waals surface area (Å²) in [6.07, 6.45) is 1.03. The van der Waals surface area contributed by atoms with Crippen molar-refractivity contribution in [2.45, 2.75) is 13.8 Å². The number of halogens is 1. The molecular weight excluding hydrogens is 252 g/mol. The van der Waals surface area contributed by atoms with Crippen LogP contribution in [-0.4, -0.2) is 23.7 Å². The molecule has 0 unspecified atom stereocenters. The van der Waals surface area contributed by atoms with Crippen molar-refractivity contribution in [1.29, 1.82) is 5.41 Å². The van der Waals surface area contributed by atoms with Crippen LogP contribution >= 0.6 is 11.6 Å². The standard InChI is InChI=1S/C12H17ClN4O/c1-7(2)6-17(16)12(18)9-3-8(13)4-11(15)10(9)5-14/h3-5,7,14H,6,15-16H2,1-2H3. The van der Waals surface area contributed by atoms with Gasteiger partial charge in [-0.25, -0.2) is 5.84 Å². The number of hydrogen-bond acceptors (Lipinski definition) is 4. The summed E-state index contributed by atoms with van der Waals surface area (Å²) in [6, 6.07) is 2.98. The van der Waals surface area contributed by atoms with Crippen LogP contribution in [0.5, 0.6) is 0 Å². The van der Waals surface area contributed by atoms with Crippen LogP contribution in [-0.2, 0) is 0 Å². The summed E-state index contributed by atoms with van der Waals surface area (Å²) in [6.45, 7) is 4.33. The van der Waals surface area contributed by atoms with Gasteiger partial charge in [-0.2, -0.15) is 0 Å². The third-order valence-corrected chi connectivity index (χ3v) is 2.59. The SMILES string of the molecule is CC(C)CN(N)C(=O)c1cc(Cl)cc(N)c1C=N. The minimum Gasteiger partial charge on any atom is -0.398 e. The Morgan fingerprint density at radius 3 is 2.67 bits per heavy atom. The molecule has 0 fully saturated rings. The Morgan fingerprint density at radius 1 is 1.56 bits per heavy atom. The zero-order chi connectivity index (χ0) is 13.9. The molecule has 1 aromatic carbocycles. The number of rotatable bonds is 4. The zero-order valence-electron chi connectivity index (χ0n) is 10.4. The van der Waals surface area contributed by atoms with Crippen LogP contribution < -0.4 is 11.6 Å². The number of carbonyl (C=O) groups excluding carboxylic acids is 1. The Kier molecular flexibility index (Phi) is 4.69. The van der Waals surface area contributed by atoms with E-state index in [9.17, 15) is 4.79 Å². The molecule has 0 heterocycles. The number of hydrogen-bond donors (Lipinski definition) is 3. The lowest BCUT2D eigenvalue weighted by Crippen LogP contribution is -2.40. The second kappa shape index (κ2) is 5.84. The van der Waals surface area contributed by atoms with Crippen LogP contribution in [0.15, 0.2) is 12.1 Å². The van der Waals surface area contributed by atoms with Gasteiger partial charge in [-0.15, -0.1) is 0 Å². The summed E-state index contributed by atoms with van der Waals surface area (Å²) in [5.74, 6) is 5.56. The number of nitrogens with one attached hydrogen (secondary N) is 1. The molecule has 0 spiro atoms. The smallest absolute Gasteiger partial charge is 0.268 e. The van der Waals surface area contributed by atoms with E-state index in [1.165, 1.54) is 12.1 Å². The molecule has 98 valence electrons. The number of anilines is 1. The topological polar surface area (TPSA) is 96.2 Å². The molecule has 0 saturated heterocycles. The van der Waals surface area contributed by atoms with Crippen LogP contribution in [0.3, 0.4) is 0 Å². The monoisotopic (exact) mass is 268 g/mol. The van der Waals surface area contributed by atoms with Gasteiger partial charge in [0.15, 0.2) is 0 Å². The van der Waals surface area contributed by atoms with Crippen molar-refractivity contribution in [3.8, 4) is 0 Å². The molecule has 0 radical (unpaired) electrons. The molecule has 6 heteroatoms. The van der Waals surface area contributed by atoms with Gasteiger partial charge in [0.05, 0.1) is 5.56 Å². The van der Waals surface area contributed by atoms with Crippen LogP contribution in [0.1, 0.15) is 29.8 Å². The molecule has 1 rings (SSSR count). The van der Waals surface area contributed by atoms with Crippen molar-refractivity contribution in [3.05, 3.63) is 28.3 Å². The molecular formula is C12H17ClN4O. The van der Waals surface area contributed by atoms with Crippen LogP contribution in [0.25, 0.3) is 0 Å². The van der Waals surface area contributed by atoms with Gasteiger partial charge < -0.3 is 11.1 Å². The maximum absolute atomic E-state index is 12.1. The normalized spacial score (nSPS) is 10.5.